The fourth-order valence-electron chi connectivity index (χ4n) is 1.19. The van der Waals surface area contributed by atoms with E-state index in [1.165, 1.54) is 20.9 Å². The van der Waals surface area contributed by atoms with Gasteiger partial charge in [-0.1, -0.05) is 11.6 Å². The van der Waals surface area contributed by atoms with Crippen molar-refractivity contribution >= 4 is 45.2 Å². The van der Waals surface area contributed by atoms with E-state index >= 15 is 0 Å². The van der Waals surface area contributed by atoms with E-state index in [0.717, 1.165) is 4.90 Å². The summed E-state index contributed by atoms with van der Waals surface area (Å²) in [4.78, 5) is 24.2. The van der Waals surface area contributed by atoms with Crippen LogP contribution in [0.15, 0.2) is 22.7 Å². The first-order valence-electron chi connectivity index (χ1n) is 5.39. The minimum absolute atomic E-state index is 0.516. The maximum absolute atomic E-state index is 12.0. The molecule has 5 nitrogen and oxygen atoms in total. The van der Waals surface area contributed by atoms with E-state index in [1.807, 2.05) is 0 Å². The number of urea groups is 1. The predicted octanol–water partition coefficient (Wildman–Crippen LogP) is 3.43. The Balaban J connectivity index is 2.88. The average Bonchev–Trinajstić information content (AvgIpc) is 2.31. The molecule has 0 atom stereocenters. The molecule has 1 rings (SSSR count). The Morgan fingerprint density at radius 3 is 2.47 bits per heavy atom. The van der Waals surface area contributed by atoms with E-state index in [-0.39, 0.29) is 0 Å². The summed E-state index contributed by atoms with van der Waals surface area (Å²) >= 11 is 9.07. The molecule has 0 saturated heterocycles. The van der Waals surface area contributed by atoms with E-state index in [2.05, 4.69) is 21.2 Å². The van der Waals surface area contributed by atoms with Crippen LogP contribution in [-0.2, 0) is 4.79 Å². The quantitative estimate of drug-likeness (QED) is 0.878. The van der Waals surface area contributed by atoms with Crippen LogP contribution in [0.3, 0.4) is 0 Å². The van der Waals surface area contributed by atoms with Crippen molar-refractivity contribution in [3.63, 3.8) is 0 Å². The lowest BCUT2D eigenvalue weighted by atomic mass is 10.1. The molecule has 0 heterocycles. The lowest BCUT2D eigenvalue weighted by Crippen LogP contribution is -2.52. The number of carboxylic acid groups (broad SMARTS) is 1. The van der Waals surface area contributed by atoms with E-state index in [9.17, 15) is 9.59 Å². The maximum Gasteiger partial charge on any atom is 0.329 e. The Morgan fingerprint density at radius 1 is 1.42 bits per heavy atom. The number of aliphatic carboxylic acids is 1. The van der Waals surface area contributed by atoms with Crippen molar-refractivity contribution in [2.75, 3.05) is 12.4 Å². The summed E-state index contributed by atoms with van der Waals surface area (Å²) in [5.41, 5.74) is -0.786. The van der Waals surface area contributed by atoms with Gasteiger partial charge in [0.1, 0.15) is 5.54 Å². The zero-order valence-electron chi connectivity index (χ0n) is 10.7. The summed E-state index contributed by atoms with van der Waals surface area (Å²) in [6.07, 6.45) is 0. The second-order valence-electron chi connectivity index (χ2n) is 4.48. The molecule has 0 aliphatic carbocycles. The third kappa shape index (κ3) is 3.61. The molecule has 1 aromatic carbocycles. The van der Waals surface area contributed by atoms with Crippen molar-refractivity contribution in [1.29, 1.82) is 0 Å². The highest BCUT2D eigenvalue weighted by atomic mass is 79.9. The summed E-state index contributed by atoms with van der Waals surface area (Å²) in [6.45, 7) is 2.90. The van der Waals surface area contributed by atoms with Gasteiger partial charge in [0.15, 0.2) is 0 Å². The first kappa shape index (κ1) is 15.8. The van der Waals surface area contributed by atoms with Crippen LogP contribution < -0.4 is 5.32 Å². The average molecular weight is 350 g/mol. The predicted molar refractivity (Wildman–Crippen MR) is 77.6 cm³/mol. The topological polar surface area (TPSA) is 69.6 Å². The number of benzene rings is 1. The fourth-order valence-corrected chi connectivity index (χ4v) is 1.97. The molecule has 0 radical (unpaired) electrons. The molecule has 7 heteroatoms. The Labute approximate surface area is 124 Å². The maximum atomic E-state index is 12.0. The Kier molecular flexibility index (Phi) is 4.81. The molecule has 0 aliphatic rings. The van der Waals surface area contributed by atoms with Crippen molar-refractivity contribution < 1.29 is 14.7 Å². The molecule has 2 N–H and O–H groups in total. The van der Waals surface area contributed by atoms with Crippen LogP contribution in [0, 0.1) is 0 Å². The molecular weight excluding hydrogens is 336 g/mol. The number of nitrogens with one attached hydrogen (secondary N) is 1. The number of likely N-dealkylation sites (N-methyl/N-ethyl adjacent to an activating group) is 1. The van der Waals surface area contributed by atoms with Gasteiger partial charge in [-0.25, -0.2) is 9.59 Å². The third-order valence-corrected chi connectivity index (χ3v) is 3.73. The van der Waals surface area contributed by atoms with E-state index in [0.29, 0.717) is 15.2 Å². The largest absolute Gasteiger partial charge is 0.480 e. The highest BCUT2D eigenvalue weighted by Crippen LogP contribution is 2.26. The van der Waals surface area contributed by atoms with Crippen molar-refractivity contribution in [3.05, 3.63) is 27.7 Å². The van der Waals surface area contributed by atoms with Gasteiger partial charge in [0.2, 0.25) is 0 Å². The Hall–Kier alpha value is -1.27. The van der Waals surface area contributed by atoms with Gasteiger partial charge in [-0.15, -0.1) is 0 Å². The van der Waals surface area contributed by atoms with Crippen LogP contribution in [0.25, 0.3) is 0 Å². The molecule has 0 unspecified atom stereocenters. The summed E-state index contributed by atoms with van der Waals surface area (Å²) in [6, 6.07) is 4.38. The van der Waals surface area contributed by atoms with Crippen LogP contribution >= 0.6 is 27.5 Å². The summed E-state index contributed by atoms with van der Waals surface area (Å²) < 4.78 is 0.620. The number of anilines is 1. The first-order valence-corrected chi connectivity index (χ1v) is 6.56. The molecule has 1 aromatic rings. The number of carbonyl (C=O) groups excluding carboxylic acids is 1. The number of carboxylic acids is 1. The zero-order chi connectivity index (χ0) is 14.8. The van der Waals surface area contributed by atoms with Crippen LogP contribution in [0.4, 0.5) is 10.5 Å². The molecule has 0 aliphatic heterocycles. The number of amides is 2. The normalized spacial score (nSPS) is 11.0. The van der Waals surface area contributed by atoms with Gasteiger partial charge in [-0.05, 0) is 48.0 Å². The highest BCUT2D eigenvalue weighted by molar-refractivity contribution is 9.10. The number of halogens is 2. The van der Waals surface area contributed by atoms with Gasteiger partial charge in [-0.2, -0.15) is 0 Å². The van der Waals surface area contributed by atoms with Crippen LogP contribution in [-0.4, -0.2) is 34.6 Å². The van der Waals surface area contributed by atoms with Crippen molar-refractivity contribution in [1.82, 2.24) is 4.90 Å². The van der Waals surface area contributed by atoms with Crippen LogP contribution in [0.5, 0.6) is 0 Å². The van der Waals surface area contributed by atoms with Gasteiger partial charge >= 0.3 is 12.0 Å². The van der Waals surface area contributed by atoms with Gasteiger partial charge in [0.05, 0.1) is 5.69 Å². The molecule has 0 fully saturated rings. The molecule has 0 spiro atoms. The second kappa shape index (κ2) is 5.79. The fraction of sp³-hybridized carbons (Fsp3) is 0.333. The minimum atomic E-state index is -1.30. The van der Waals surface area contributed by atoms with Crippen molar-refractivity contribution in [2.24, 2.45) is 0 Å². The third-order valence-electron chi connectivity index (χ3n) is 2.84. The molecule has 2 amide bonds. The van der Waals surface area contributed by atoms with Crippen LogP contribution in [0.2, 0.25) is 5.02 Å². The number of carbonyl (C=O) groups is 2. The standard InChI is InChI=1S/C12H14BrClN2O3/c1-12(2,10(17)18)16(3)11(19)15-9-5-4-7(14)6-8(9)13/h4-6H,1-3H3,(H,15,19)(H,17,18). The summed E-state index contributed by atoms with van der Waals surface area (Å²) in [5.74, 6) is -1.08. The highest BCUT2D eigenvalue weighted by Gasteiger charge is 2.35. The molecule has 0 bridgehead atoms. The molecular formula is C12H14BrClN2O3. The molecule has 0 saturated carbocycles. The van der Waals surface area contributed by atoms with Crippen molar-refractivity contribution in [2.45, 2.75) is 19.4 Å². The second-order valence-corrected chi connectivity index (χ2v) is 5.77. The SMILES string of the molecule is CN(C(=O)Nc1ccc(Cl)cc1Br)C(C)(C)C(=O)O. The molecule has 0 aromatic heterocycles. The Morgan fingerprint density at radius 2 is 2.00 bits per heavy atom. The number of rotatable bonds is 3. The zero-order valence-corrected chi connectivity index (χ0v) is 13.0. The monoisotopic (exact) mass is 348 g/mol. The molecule has 19 heavy (non-hydrogen) atoms. The first-order chi connectivity index (χ1) is 8.66. The minimum Gasteiger partial charge on any atom is -0.480 e. The van der Waals surface area contributed by atoms with Gasteiger partial charge in [0, 0.05) is 16.5 Å². The summed E-state index contributed by atoms with van der Waals surface area (Å²) in [5, 5.41) is 12.2. The van der Waals surface area contributed by atoms with E-state index < -0.39 is 17.5 Å². The van der Waals surface area contributed by atoms with Gasteiger partial charge in [-0.3, -0.25) is 0 Å². The molecule has 104 valence electrons. The van der Waals surface area contributed by atoms with E-state index in [1.54, 1.807) is 18.2 Å². The summed E-state index contributed by atoms with van der Waals surface area (Å²) in [7, 11) is 1.42. The van der Waals surface area contributed by atoms with Crippen LogP contribution in [0.1, 0.15) is 13.8 Å². The Bertz CT molecular complexity index is 520. The van der Waals surface area contributed by atoms with Gasteiger partial charge in [0.25, 0.3) is 0 Å². The van der Waals surface area contributed by atoms with Gasteiger partial charge < -0.3 is 15.3 Å². The smallest absolute Gasteiger partial charge is 0.329 e. The van der Waals surface area contributed by atoms with E-state index in [4.69, 9.17) is 16.7 Å². The lowest BCUT2D eigenvalue weighted by molar-refractivity contribution is -0.146. The number of hydrogen-bond donors (Lipinski definition) is 2. The van der Waals surface area contributed by atoms with Crippen molar-refractivity contribution in [3.8, 4) is 0 Å². The lowest BCUT2D eigenvalue weighted by Gasteiger charge is -2.31. The number of nitrogens with zero attached hydrogens (tertiary/aromatic N) is 1. The number of hydrogen-bond acceptors (Lipinski definition) is 2.